The highest BCUT2D eigenvalue weighted by molar-refractivity contribution is 5.87. The lowest BCUT2D eigenvalue weighted by atomic mass is 10.1. The summed E-state index contributed by atoms with van der Waals surface area (Å²) in [6, 6.07) is 8.34. The molecule has 0 fully saturated rings. The molecular formula is C13H15NO4. The summed E-state index contributed by atoms with van der Waals surface area (Å²) in [5.41, 5.74) is 6.66. The van der Waals surface area contributed by atoms with E-state index in [4.69, 9.17) is 5.73 Å². The number of hydrogen-bond donors (Lipinski definition) is 1. The third-order valence-electron chi connectivity index (χ3n) is 2.15. The van der Waals surface area contributed by atoms with E-state index in [2.05, 4.69) is 16.4 Å². The quantitative estimate of drug-likeness (QED) is 0.491. The van der Waals surface area contributed by atoms with Crippen molar-refractivity contribution in [2.45, 2.75) is 19.4 Å². The number of rotatable bonds is 4. The number of hydrogen-bond acceptors (Lipinski definition) is 5. The summed E-state index contributed by atoms with van der Waals surface area (Å²) in [5, 5.41) is 0. The van der Waals surface area contributed by atoms with Crippen LogP contribution in [-0.4, -0.2) is 18.0 Å². The average Bonchev–Trinajstić information content (AvgIpc) is 2.36. The molecule has 2 N–H and O–H groups in total. The standard InChI is InChI=1S/C13H15NO4/c1-9(2)12(15)17-18-13(16)11(14)8-10-6-4-3-5-7-10/h3-7,11H,1,8,14H2,2H3/t11-/m0/s1. The van der Waals surface area contributed by atoms with E-state index in [1.165, 1.54) is 6.92 Å². The van der Waals surface area contributed by atoms with Crippen LogP contribution in [-0.2, 0) is 25.8 Å². The number of nitrogens with two attached hydrogens (primary N) is 1. The first-order valence-electron chi connectivity index (χ1n) is 5.38. The van der Waals surface area contributed by atoms with Crippen molar-refractivity contribution < 1.29 is 19.4 Å². The van der Waals surface area contributed by atoms with Crippen LogP contribution in [0.3, 0.4) is 0 Å². The van der Waals surface area contributed by atoms with E-state index in [1.807, 2.05) is 30.3 Å². The Morgan fingerprint density at radius 1 is 1.28 bits per heavy atom. The van der Waals surface area contributed by atoms with Crippen molar-refractivity contribution in [3.63, 3.8) is 0 Å². The third kappa shape index (κ3) is 4.39. The summed E-state index contributed by atoms with van der Waals surface area (Å²) in [5.74, 6) is -1.59. The van der Waals surface area contributed by atoms with Crippen molar-refractivity contribution in [2.75, 3.05) is 0 Å². The number of carbonyl (C=O) groups is 2. The number of carbonyl (C=O) groups excluding carboxylic acids is 2. The molecule has 0 saturated heterocycles. The van der Waals surface area contributed by atoms with E-state index in [9.17, 15) is 9.59 Å². The van der Waals surface area contributed by atoms with Gasteiger partial charge < -0.3 is 5.73 Å². The molecule has 1 rings (SSSR count). The molecule has 0 radical (unpaired) electrons. The Balaban J connectivity index is 2.42. The second kappa shape index (κ2) is 6.56. The van der Waals surface area contributed by atoms with Gasteiger partial charge in [-0.1, -0.05) is 36.9 Å². The van der Waals surface area contributed by atoms with Crippen LogP contribution in [0.4, 0.5) is 0 Å². The van der Waals surface area contributed by atoms with Gasteiger partial charge in [-0.2, -0.15) is 0 Å². The van der Waals surface area contributed by atoms with Crippen molar-refractivity contribution in [1.29, 1.82) is 0 Å². The molecule has 5 nitrogen and oxygen atoms in total. The SMILES string of the molecule is C=C(C)C(=O)OOC(=O)[C@@H](N)Cc1ccccc1. The van der Waals surface area contributed by atoms with E-state index in [1.54, 1.807) is 0 Å². The predicted molar refractivity (Wildman–Crippen MR) is 65.1 cm³/mol. The Kier molecular flexibility index (Phi) is 5.07. The molecule has 0 aliphatic heterocycles. The minimum absolute atomic E-state index is 0.138. The van der Waals surface area contributed by atoms with Crippen LogP contribution in [0.2, 0.25) is 0 Å². The molecule has 0 heterocycles. The van der Waals surface area contributed by atoms with Crippen molar-refractivity contribution >= 4 is 11.9 Å². The summed E-state index contributed by atoms with van der Waals surface area (Å²) in [4.78, 5) is 31.0. The highest BCUT2D eigenvalue weighted by Gasteiger charge is 2.19. The van der Waals surface area contributed by atoms with Gasteiger partial charge in [0.05, 0.1) is 0 Å². The zero-order chi connectivity index (χ0) is 13.5. The van der Waals surface area contributed by atoms with Crippen LogP contribution < -0.4 is 5.73 Å². The Bertz CT molecular complexity index is 442. The van der Waals surface area contributed by atoms with E-state index in [0.29, 0.717) is 6.42 Å². The molecule has 0 aromatic heterocycles. The maximum atomic E-state index is 11.4. The predicted octanol–water partition coefficient (Wildman–Crippen LogP) is 1.13. The topological polar surface area (TPSA) is 78.6 Å². The monoisotopic (exact) mass is 249 g/mol. The van der Waals surface area contributed by atoms with Gasteiger partial charge >= 0.3 is 11.9 Å². The smallest absolute Gasteiger partial charge is 0.318 e. The first-order valence-corrected chi connectivity index (χ1v) is 5.38. The van der Waals surface area contributed by atoms with Crippen LogP contribution in [0.1, 0.15) is 12.5 Å². The van der Waals surface area contributed by atoms with Crippen LogP contribution >= 0.6 is 0 Å². The van der Waals surface area contributed by atoms with E-state index < -0.39 is 18.0 Å². The third-order valence-corrected chi connectivity index (χ3v) is 2.15. The van der Waals surface area contributed by atoms with Crippen LogP contribution in [0.25, 0.3) is 0 Å². The molecule has 1 atom stereocenters. The lowest BCUT2D eigenvalue weighted by molar-refractivity contribution is -0.256. The summed E-state index contributed by atoms with van der Waals surface area (Å²) < 4.78 is 0. The van der Waals surface area contributed by atoms with Crippen LogP contribution in [0.5, 0.6) is 0 Å². The maximum absolute atomic E-state index is 11.4. The summed E-state index contributed by atoms with van der Waals surface area (Å²) >= 11 is 0. The van der Waals surface area contributed by atoms with Crippen molar-refractivity contribution in [1.82, 2.24) is 0 Å². The number of benzene rings is 1. The van der Waals surface area contributed by atoms with Crippen molar-refractivity contribution in [3.8, 4) is 0 Å². The normalized spacial score (nSPS) is 11.4. The fraction of sp³-hybridized carbons (Fsp3) is 0.231. The average molecular weight is 249 g/mol. The van der Waals surface area contributed by atoms with Gasteiger partial charge in [0.25, 0.3) is 0 Å². The minimum Gasteiger partial charge on any atom is -0.318 e. The van der Waals surface area contributed by atoms with Gasteiger partial charge in [-0.15, -0.1) is 0 Å². The first-order chi connectivity index (χ1) is 8.50. The molecule has 0 amide bonds. The molecule has 0 aliphatic rings. The van der Waals surface area contributed by atoms with Crippen molar-refractivity contribution in [3.05, 3.63) is 48.0 Å². The Labute approximate surface area is 105 Å². The van der Waals surface area contributed by atoms with Gasteiger partial charge in [-0.25, -0.2) is 19.4 Å². The van der Waals surface area contributed by atoms with Gasteiger partial charge in [-0.3, -0.25) is 0 Å². The molecule has 0 bridgehead atoms. The summed E-state index contributed by atoms with van der Waals surface area (Å²) in [7, 11) is 0. The second-order valence-electron chi connectivity index (χ2n) is 3.85. The Hall–Kier alpha value is -2.14. The lowest BCUT2D eigenvalue weighted by Gasteiger charge is -2.09. The molecule has 0 spiro atoms. The second-order valence-corrected chi connectivity index (χ2v) is 3.85. The summed E-state index contributed by atoms with van der Waals surface area (Å²) in [6.45, 7) is 4.79. The van der Waals surface area contributed by atoms with E-state index in [-0.39, 0.29) is 5.57 Å². The fourth-order valence-corrected chi connectivity index (χ4v) is 1.16. The van der Waals surface area contributed by atoms with Gasteiger partial charge in [-0.05, 0) is 18.9 Å². The molecule has 18 heavy (non-hydrogen) atoms. The highest BCUT2D eigenvalue weighted by atomic mass is 17.2. The van der Waals surface area contributed by atoms with Crippen molar-refractivity contribution in [2.24, 2.45) is 5.73 Å². The first kappa shape index (κ1) is 13.9. The molecule has 0 saturated carbocycles. The van der Waals surface area contributed by atoms with Crippen LogP contribution in [0.15, 0.2) is 42.5 Å². The lowest BCUT2D eigenvalue weighted by Crippen LogP contribution is -2.34. The van der Waals surface area contributed by atoms with Gasteiger partial charge in [0, 0.05) is 5.57 Å². The van der Waals surface area contributed by atoms with Gasteiger partial charge in [0.15, 0.2) is 0 Å². The van der Waals surface area contributed by atoms with Gasteiger partial charge in [0.2, 0.25) is 0 Å². The van der Waals surface area contributed by atoms with E-state index >= 15 is 0 Å². The molecule has 96 valence electrons. The Morgan fingerprint density at radius 2 is 1.89 bits per heavy atom. The molecule has 1 aromatic rings. The largest absolute Gasteiger partial charge is 0.381 e. The molecular weight excluding hydrogens is 234 g/mol. The highest BCUT2D eigenvalue weighted by Crippen LogP contribution is 2.03. The minimum atomic E-state index is -0.884. The van der Waals surface area contributed by atoms with E-state index in [0.717, 1.165) is 5.56 Å². The fourth-order valence-electron chi connectivity index (χ4n) is 1.16. The summed E-state index contributed by atoms with van der Waals surface area (Å²) in [6.07, 6.45) is 0.310. The van der Waals surface area contributed by atoms with Gasteiger partial charge in [0.1, 0.15) is 6.04 Å². The molecule has 5 heteroatoms. The Morgan fingerprint density at radius 3 is 2.44 bits per heavy atom. The van der Waals surface area contributed by atoms with Crippen LogP contribution in [0, 0.1) is 0 Å². The molecule has 0 aliphatic carbocycles. The molecule has 0 unspecified atom stereocenters. The molecule has 1 aromatic carbocycles. The maximum Gasteiger partial charge on any atom is 0.381 e. The zero-order valence-corrected chi connectivity index (χ0v) is 10.1. The zero-order valence-electron chi connectivity index (χ0n) is 10.1.